The number of carboxylic acids is 1. The molecule has 1 aromatic carbocycles. The zero-order valence-corrected chi connectivity index (χ0v) is 23.2. The summed E-state index contributed by atoms with van der Waals surface area (Å²) >= 11 is 14.3. The first-order valence-electron chi connectivity index (χ1n) is 12.8. The molecule has 1 saturated carbocycles. The van der Waals surface area contributed by atoms with Crippen molar-refractivity contribution in [1.29, 1.82) is 0 Å². The minimum Gasteiger partial charge on any atom is -0.481 e. The fourth-order valence-corrected chi connectivity index (χ4v) is 6.48. The minimum absolute atomic E-state index is 0.000654. The predicted molar refractivity (Wildman–Crippen MR) is 149 cm³/mol. The van der Waals surface area contributed by atoms with Gasteiger partial charge >= 0.3 is 5.97 Å². The zero-order valence-electron chi connectivity index (χ0n) is 20.9. The van der Waals surface area contributed by atoms with E-state index >= 15 is 0 Å². The van der Waals surface area contributed by atoms with Crippen LogP contribution in [0.15, 0.2) is 23.6 Å². The third-order valence-corrected chi connectivity index (χ3v) is 9.19. The Balaban J connectivity index is 1.27. The number of hydrogen-bond acceptors (Lipinski definition) is 5. The normalized spacial score (nSPS) is 17.7. The van der Waals surface area contributed by atoms with Crippen LogP contribution >= 0.6 is 34.5 Å². The number of carbonyl (C=O) groups is 4. The van der Waals surface area contributed by atoms with Crippen molar-refractivity contribution in [3.63, 3.8) is 0 Å². The topological polar surface area (TPSA) is 116 Å². The quantitative estimate of drug-likeness (QED) is 0.371. The molecule has 1 saturated heterocycles. The van der Waals surface area contributed by atoms with Crippen LogP contribution in [-0.2, 0) is 19.2 Å². The Morgan fingerprint density at radius 3 is 2.50 bits per heavy atom. The maximum atomic E-state index is 12.8. The van der Waals surface area contributed by atoms with Gasteiger partial charge in [-0.1, -0.05) is 36.0 Å². The Hall–Kier alpha value is -2.62. The van der Waals surface area contributed by atoms with Crippen molar-refractivity contribution < 1.29 is 24.3 Å². The molecule has 1 aromatic heterocycles. The monoisotopic (exact) mass is 579 g/mol. The van der Waals surface area contributed by atoms with Gasteiger partial charge in [0.2, 0.25) is 17.7 Å². The van der Waals surface area contributed by atoms with E-state index < -0.39 is 11.9 Å². The van der Waals surface area contributed by atoms with Crippen molar-refractivity contribution in [3.05, 3.63) is 39.2 Å². The largest absolute Gasteiger partial charge is 0.481 e. The number of amides is 3. The molecule has 2 heterocycles. The molecule has 1 atom stereocenters. The molecule has 1 aliphatic carbocycles. The van der Waals surface area contributed by atoms with E-state index in [1.165, 1.54) is 17.4 Å². The highest BCUT2D eigenvalue weighted by molar-refractivity contribution is 7.18. The molecule has 8 nitrogen and oxygen atoms in total. The summed E-state index contributed by atoms with van der Waals surface area (Å²) in [6.07, 6.45) is 7.57. The van der Waals surface area contributed by atoms with Crippen LogP contribution in [-0.4, -0.2) is 59.4 Å². The number of aliphatic carboxylic acids is 1. The Morgan fingerprint density at radius 1 is 1.11 bits per heavy atom. The van der Waals surface area contributed by atoms with Crippen molar-refractivity contribution in [3.8, 4) is 0 Å². The van der Waals surface area contributed by atoms with Crippen LogP contribution < -0.4 is 10.6 Å². The van der Waals surface area contributed by atoms with E-state index in [0.29, 0.717) is 41.5 Å². The third-order valence-electron chi connectivity index (χ3n) is 7.25. The summed E-state index contributed by atoms with van der Waals surface area (Å²) in [6, 6.07) is 3.67. The summed E-state index contributed by atoms with van der Waals surface area (Å²) in [6.45, 7) is 0.904. The molecular weight excluding hydrogens is 549 g/mol. The van der Waals surface area contributed by atoms with Crippen LogP contribution in [0.2, 0.25) is 10.0 Å². The molecule has 11 heteroatoms. The van der Waals surface area contributed by atoms with Crippen LogP contribution in [0.1, 0.15) is 50.5 Å². The van der Waals surface area contributed by atoms with E-state index in [1.54, 1.807) is 11.0 Å². The van der Waals surface area contributed by atoms with Crippen molar-refractivity contribution in [2.45, 2.75) is 51.0 Å². The molecule has 0 radical (unpaired) electrons. The third kappa shape index (κ3) is 7.07. The van der Waals surface area contributed by atoms with Gasteiger partial charge in [0.15, 0.2) is 0 Å². The van der Waals surface area contributed by atoms with Crippen LogP contribution in [0.25, 0.3) is 16.2 Å². The lowest BCUT2D eigenvalue weighted by molar-refractivity contribution is -0.141. The van der Waals surface area contributed by atoms with Gasteiger partial charge in [0, 0.05) is 37.7 Å². The van der Waals surface area contributed by atoms with Crippen molar-refractivity contribution in [2.75, 3.05) is 19.6 Å². The summed E-state index contributed by atoms with van der Waals surface area (Å²) in [5.41, 5.74) is 0.669. The first-order valence-corrected chi connectivity index (χ1v) is 14.5. The van der Waals surface area contributed by atoms with Crippen molar-refractivity contribution in [2.24, 2.45) is 11.8 Å². The molecule has 3 amide bonds. The predicted octanol–water partition coefficient (Wildman–Crippen LogP) is 4.73. The highest BCUT2D eigenvalue weighted by Crippen LogP contribution is 2.37. The molecule has 3 N–H and O–H groups in total. The molecule has 2 aromatic rings. The van der Waals surface area contributed by atoms with Gasteiger partial charge < -0.3 is 20.6 Å². The van der Waals surface area contributed by atoms with E-state index in [4.69, 9.17) is 23.2 Å². The van der Waals surface area contributed by atoms with E-state index in [0.717, 1.165) is 35.8 Å². The molecule has 38 heavy (non-hydrogen) atoms. The second-order valence-corrected chi connectivity index (χ2v) is 11.6. The van der Waals surface area contributed by atoms with Crippen LogP contribution in [0.4, 0.5) is 0 Å². The van der Waals surface area contributed by atoms with Crippen molar-refractivity contribution in [1.82, 2.24) is 15.5 Å². The lowest BCUT2D eigenvalue weighted by Crippen LogP contribution is -2.49. The molecule has 0 bridgehead atoms. The molecule has 1 aliphatic heterocycles. The van der Waals surface area contributed by atoms with Crippen LogP contribution in [0.5, 0.6) is 0 Å². The minimum atomic E-state index is -1.09. The van der Waals surface area contributed by atoms with Crippen molar-refractivity contribution >= 4 is 74.4 Å². The molecule has 1 unspecified atom stereocenters. The standard InChI is InChI=1S/C27H31Cl2N3O5S/c28-23-17(13-18-9-12-38-25(18)24(23)29)5-6-21(33)32-10-7-20(8-11-32)31-27(37)19(14-22(34)35)15-30-26(36)16-3-1-2-4-16/h5-6,9,12-13,16,19-20H,1-4,7-8,10-11,14-15H2,(H,30,36)(H,31,37)(H,34,35)/b6-5+. The summed E-state index contributed by atoms with van der Waals surface area (Å²) in [7, 11) is 0. The summed E-state index contributed by atoms with van der Waals surface area (Å²) in [5.74, 6) is -2.65. The lowest BCUT2D eigenvalue weighted by Gasteiger charge is -2.32. The fourth-order valence-electron chi connectivity index (χ4n) is 5.04. The number of fused-ring (bicyclic) bond motifs is 1. The average molecular weight is 581 g/mol. The highest BCUT2D eigenvalue weighted by Gasteiger charge is 2.29. The van der Waals surface area contributed by atoms with Gasteiger partial charge in [-0.05, 0) is 60.2 Å². The van der Waals surface area contributed by atoms with Crippen LogP contribution in [0, 0.1) is 11.8 Å². The second kappa shape index (κ2) is 13.0. The Bertz CT molecular complexity index is 1230. The molecule has 2 aliphatic rings. The van der Waals surface area contributed by atoms with Gasteiger partial charge in [-0.2, -0.15) is 0 Å². The number of nitrogens with one attached hydrogen (secondary N) is 2. The molecule has 0 spiro atoms. The number of thiophene rings is 1. The summed E-state index contributed by atoms with van der Waals surface area (Å²) < 4.78 is 0.908. The van der Waals surface area contributed by atoms with Gasteiger partial charge in [0.1, 0.15) is 0 Å². The molecular formula is C27H31Cl2N3O5S. The number of likely N-dealkylation sites (tertiary alicyclic amines) is 1. The highest BCUT2D eigenvalue weighted by atomic mass is 35.5. The summed E-state index contributed by atoms with van der Waals surface area (Å²) in [4.78, 5) is 51.0. The van der Waals surface area contributed by atoms with E-state index in [2.05, 4.69) is 10.6 Å². The first-order chi connectivity index (χ1) is 18.2. The number of carboxylic acid groups (broad SMARTS) is 1. The molecule has 204 valence electrons. The number of halogens is 2. The zero-order chi connectivity index (χ0) is 27.2. The number of benzene rings is 1. The second-order valence-electron chi connectivity index (χ2n) is 9.90. The van der Waals surface area contributed by atoms with Gasteiger partial charge in [-0.15, -0.1) is 11.3 Å². The van der Waals surface area contributed by atoms with Gasteiger partial charge in [-0.3, -0.25) is 19.2 Å². The fraction of sp³-hybridized carbons (Fsp3) is 0.481. The maximum Gasteiger partial charge on any atom is 0.304 e. The Labute approximate surface area is 235 Å². The van der Waals surface area contributed by atoms with Gasteiger partial charge in [0.05, 0.1) is 27.1 Å². The SMILES string of the molecule is O=C(O)CC(CNC(=O)C1CCCC1)C(=O)NC1CCN(C(=O)/C=C/c2cc3ccsc3c(Cl)c2Cl)CC1. The lowest BCUT2D eigenvalue weighted by atomic mass is 10.00. The number of carbonyl (C=O) groups excluding carboxylic acids is 3. The van der Waals surface area contributed by atoms with E-state index in [-0.39, 0.29) is 42.6 Å². The number of hydrogen-bond donors (Lipinski definition) is 3. The smallest absolute Gasteiger partial charge is 0.304 e. The van der Waals surface area contributed by atoms with Gasteiger partial charge in [-0.25, -0.2) is 0 Å². The molecule has 4 rings (SSSR count). The average Bonchev–Trinajstić information content (AvgIpc) is 3.60. The number of rotatable bonds is 9. The number of piperidine rings is 1. The molecule has 2 fully saturated rings. The maximum absolute atomic E-state index is 12.8. The first kappa shape index (κ1) is 28.4. The van der Waals surface area contributed by atoms with E-state index in [1.807, 2.05) is 17.5 Å². The Kier molecular flexibility index (Phi) is 9.68. The van der Waals surface area contributed by atoms with Gasteiger partial charge in [0.25, 0.3) is 0 Å². The van der Waals surface area contributed by atoms with Crippen LogP contribution in [0.3, 0.4) is 0 Å². The van der Waals surface area contributed by atoms with E-state index in [9.17, 15) is 24.3 Å². The summed E-state index contributed by atoms with van der Waals surface area (Å²) in [5, 5.41) is 18.7. The number of nitrogens with zero attached hydrogens (tertiary/aromatic N) is 1. The Morgan fingerprint density at radius 2 is 1.82 bits per heavy atom.